The second-order valence-corrected chi connectivity index (χ2v) is 6.69. The van der Waals surface area contributed by atoms with Crippen molar-refractivity contribution in [1.82, 2.24) is 5.32 Å². The van der Waals surface area contributed by atoms with Gasteiger partial charge in [0.25, 0.3) is 0 Å². The minimum absolute atomic E-state index is 0.0648. The first-order chi connectivity index (χ1) is 10.3. The van der Waals surface area contributed by atoms with Crippen LogP contribution in [0.5, 0.6) is 0 Å². The van der Waals surface area contributed by atoms with Crippen molar-refractivity contribution in [2.75, 3.05) is 19.8 Å². The molecule has 3 heteroatoms. The number of hydrogen-bond donors (Lipinski definition) is 2. The number of aliphatic hydroxyl groups is 1. The summed E-state index contributed by atoms with van der Waals surface area (Å²) in [5.41, 5.74) is -0.0648. The fourth-order valence-corrected chi connectivity index (χ4v) is 2.85. The highest BCUT2D eigenvalue weighted by Crippen LogP contribution is 2.26. The summed E-state index contributed by atoms with van der Waals surface area (Å²) in [6.45, 7) is 6.41. The maximum atomic E-state index is 9.69. The number of hydrogen-bond acceptors (Lipinski definition) is 3. The lowest BCUT2D eigenvalue weighted by Crippen LogP contribution is -2.49. The molecule has 1 atom stereocenters. The molecule has 1 aliphatic carbocycles. The van der Waals surface area contributed by atoms with E-state index in [1.807, 2.05) is 0 Å². The van der Waals surface area contributed by atoms with Crippen LogP contribution in [0.3, 0.4) is 0 Å². The van der Waals surface area contributed by atoms with Crippen molar-refractivity contribution in [2.24, 2.45) is 0 Å². The average molecular weight is 299 g/mol. The summed E-state index contributed by atoms with van der Waals surface area (Å²) in [7, 11) is 0. The number of rotatable bonds is 15. The van der Waals surface area contributed by atoms with Crippen molar-refractivity contribution in [3.63, 3.8) is 0 Å². The molecule has 0 spiro atoms. The summed E-state index contributed by atoms with van der Waals surface area (Å²) < 4.78 is 5.74. The van der Waals surface area contributed by atoms with E-state index in [2.05, 4.69) is 19.2 Å². The van der Waals surface area contributed by atoms with Crippen molar-refractivity contribution in [3.8, 4) is 0 Å². The molecular weight excluding hydrogens is 262 g/mol. The van der Waals surface area contributed by atoms with Crippen LogP contribution >= 0.6 is 0 Å². The highest BCUT2D eigenvalue weighted by atomic mass is 16.5. The van der Waals surface area contributed by atoms with E-state index in [0.29, 0.717) is 6.04 Å². The van der Waals surface area contributed by atoms with Crippen LogP contribution in [0.25, 0.3) is 0 Å². The van der Waals surface area contributed by atoms with E-state index < -0.39 is 0 Å². The zero-order chi connectivity index (χ0) is 15.4. The van der Waals surface area contributed by atoms with Gasteiger partial charge in [-0.2, -0.15) is 0 Å². The zero-order valence-electron chi connectivity index (χ0n) is 14.3. The standard InChI is InChI=1S/C18H37NO2/c1-3-5-6-7-8-9-14-21-15-10-13-18(4-2,16-20)19-17-11-12-17/h17,19-20H,3-16H2,1-2H3. The molecule has 0 bridgehead atoms. The molecule has 1 fully saturated rings. The largest absolute Gasteiger partial charge is 0.394 e. The molecule has 0 heterocycles. The van der Waals surface area contributed by atoms with Gasteiger partial charge in [0.15, 0.2) is 0 Å². The second-order valence-electron chi connectivity index (χ2n) is 6.69. The van der Waals surface area contributed by atoms with Crippen molar-refractivity contribution in [3.05, 3.63) is 0 Å². The highest BCUT2D eigenvalue weighted by molar-refractivity contribution is 4.94. The third-order valence-corrected chi connectivity index (χ3v) is 4.65. The molecule has 0 saturated heterocycles. The van der Waals surface area contributed by atoms with Gasteiger partial charge in [0.05, 0.1) is 6.61 Å². The van der Waals surface area contributed by atoms with Crippen LogP contribution in [-0.2, 0) is 4.74 Å². The van der Waals surface area contributed by atoms with Gasteiger partial charge in [-0.3, -0.25) is 0 Å². The van der Waals surface area contributed by atoms with Gasteiger partial charge in [-0.1, -0.05) is 46.0 Å². The molecule has 1 saturated carbocycles. The van der Waals surface area contributed by atoms with Crippen molar-refractivity contribution >= 4 is 0 Å². The Balaban J connectivity index is 1.96. The highest BCUT2D eigenvalue weighted by Gasteiger charge is 2.33. The molecule has 1 aliphatic rings. The summed E-state index contributed by atoms with van der Waals surface area (Å²) >= 11 is 0. The van der Waals surface area contributed by atoms with Crippen molar-refractivity contribution in [2.45, 2.75) is 96.1 Å². The average Bonchev–Trinajstić information content (AvgIpc) is 3.32. The van der Waals surface area contributed by atoms with E-state index in [1.165, 1.54) is 51.4 Å². The van der Waals surface area contributed by atoms with Crippen LogP contribution in [0.15, 0.2) is 0 Å². The van der Waals surface area contributed by atoms with Crippen LogP contribution in [-0.4, -0.2) is 36.5 Å². The van der Waals surface area contributed by atoms with E-state index >= 15 is 0 Å². The Labute approximate surface area is 131 Å². The fourth-order valence-electron chi connectivity index (χ4n) is 2.85. The summed E-state index contributed by atoms with van der Waals surface area (Å²) in [5, 5.41) is 13.3. The maximum Gasteiger partial charge on any atom is 0.0613 e. The molecule has 0 radical (unpaired) electrons. The summed E-state index contributed by atoms with van der Waals surface area (Å²) in [5.74, 6) is 0. The third-order valence-electron chi connectivity index (χ3n) is 4.65. The van der Waals surface area contributed by atoms with Crippen LogP contribution in [0.1, 0.15) is 84.5 Å². The molecule has 21 heavy (non-hydrogen) atoms. The van der Waals surface area contributed by atoms with E-state index in [4.69, 9.17) is 4.74 Å². The lowest BCUT2D eigenvalue weighted by molar-refractivity contribution is 0.0996. The van der Waals surface area contributed by atoms with Gasteiger partial charge in [-0.15, -0.1) is 0 Å². The predicted molar refractivity (Wildman–Crippen MR) is 89.7 cm³/mol. The first-order valence-corrected chi connectivity index (χ1v) is 9.22. The summed E-state index contributed by atoms with van der Waals surface area (Å²) in [6, 6.07) is 0.654. The minimum Gasteiger partial charge on any atom is -0.394 e. The summed E-state index contributed by atoms with van der Waals surface area (Å²) in [4.78, 5) is 0. The molecule has 3 nitrogen and oxygen atoms in total. The molecule has 0 aliphatic heterocycles. The van der Waals surface area contributed by atoms with Gasteiger partial charge in [0.1, 0.15) is 0 Å². The second kappa shape index (κ2) is 11.4. The lowest BCUT2D eigenvalue weighted by atomic mass is 9.91. The first-order valence-electron chi connectivity index (χ1n) is 9.22. The fraction of sp³-hybridized carbons (Fsp3) is 1.00. The monoisotopic (exact) mass is 299 g/mol. The van der Waals surface area contributed by atoms with Gasteiger partial charge >= 0.3 is 0 Å². The van der Waals surface area contributed by atoms with Gasteiger partial charge < -0.3 is 15.2 Å². The number of ether oxygens (including phenoxy) is 1. The Morgan fingerprint density at radius 3 is 2.29 bits per heavy atom. The zero-order valence-corrected chi connectivity index (χ0v) is 14.3. The normalized spacial score (nSPS) is 17.9. The molecule has 126 valence electrons. The van der Waals surface area contributed by atoms with Crippen LogP contribution in [0.4, 0.5) is 0 Å². The Morgan fingerprint density at radius 2 is 1.67 bits per heavy atom. The van der Waals surface area contributed by atoms with Crippen molar-refractivity contribution < 1.29 is 9.84 Å². The smallest absolute Gasteiger partial charge is 0.0613 e. The SMILES string of the molecule is CCCCCCCCOCCCC(CC)(CO)NC1CC1. The van der Waals surface area contributed by atoms with Crippen LogP contribution in [0.2, 0.25) is 0 Å². The molecule has 0 aromatic carbocycles. The summed E-state index contributed by atoms with van der Waals surface area (Å²) in [6.07, 6.45) is 13.5. The third kappa shape index (κ3) is 8.80. The molecule has 0 aromatic heterocycles. The Kier molecular flexibility index (Phi) is 10.3. The Morgan fingerprint density at radius 1 is 1.00 bits per heavy atom. The predicted octanol–water partition coefficient (Wildman–Crippen LogP) is 4.04. The molecule has 0 amide bonds. The quantitative estimate of drug-likeness (QED) is 0.448. The molecule has 1 unspecified atom stereocenters. The van der Waals surface area contributed by atoms with E-state index in [-0.39, 0.29) is 12.1 Å². The Hall–Kier alpha value is -0.120. The number of nitrogens with one attached hydrogen (secondary N) is 1. The topological polar surface area (TPSA) is 41.5 Å². The number of aliphatic hydroxyl groups excluding tert-OH is 1. The van der Waals surface area contributed by atoms with Crippen molar-refractivity contribution in [1.29, 1.82) is 0 Å². The van der Waals surface area contributed by atoms with E-state index in [0.717, 1.165) is 32.5 Å². The number of unbranched alkanes of at least 4 members (excludes halogenated alkanes) is 5. The molecular formula is C18H37NO2. The minimum atomic E-state index is -0.0648. The van der Waals surface area contributed by atoms with Crippen LogP contribution < -0.4 is 5.32 Å². The Bertz CT molecular complexity index is 237. The van der Waals surface area contributed by atoms with E-state index in [9.17, 15) is 5.11 Å². The van der Waals surface area contributed by atoms with Gasteiger partial charge in [0, 0.05) is 24.8 Å². The van der Waals surface area contributed by atoms with Gasteiger partial charge in [-0.25, -0.2) is 0 Å². The van der Waals surface area contributed by atoms with E-state index in [1.54, 1.807) is 0 Å². The maximum absolute atomic E-state index is 9.69. The molecule has 1 rings (SSSR count). The van der Waals surface area contributed by atoms with Gasteiger partial charge in [-0.05, 0) is 38.5 Å². The van der Waals surface area contributed by atoms with Gasteiger partial charge in [0.2, 0.25) is 0 Å². The lowest BCUT2D eigenvalue weighted by Gasteiger charge is -2.32. The molecule has 2 N–H and O–H groups in total. The van der Waals surface area contributed by atoms with Crippen LogP contribution in [0, 0.1) is 0 Å². The first kappa shape index (κ1) is 18.9. The molecule has 0 aromatic rings.